The number of aliphatic carboxylic acids is 1. The molecule has 0 saturated carbocycles. The van der Waals surface area contributed by atoms with E-state index in [4.69, 9.17) is 5.73 Å². The second-order valence-corrected chi connectivity index (χ2v) is 9.15. The SMILES string of the molecule is N#Cc1ccc(-n2c(Br)cnc2SC(F)(F)C(=O)NC(CCCCN)C(=O)O)c2ccccc12. The molecule has 0 fully saturated rings. The number of carbonyl (C=O) groups excluding carboxylic acids is 1. The number of nitrogens with zero attached hydrogens (tertiary/aromatic N) is 3. The van der Waals surface area contributed by atoms with E-state index in [0.29, 0.717) is 46.0 Å². The van der Waals surface area contributed by atoms with Crippen molar-refractivity contribution in [3.05, 3.63) is 52.8 Å². The number of nitrogens with one attached hydrogen (secondary N) is 1. The highest BCUT2D eigenvalue weighted by atomic mass is 79.9. The first kappa shape index (κ1) is 25.6. The highest BCUT2D eigenvalue weighted by Crippen LogP contribution is 2.39. The summed E-state index contributed by atoms with van der Waals surface area (Å²) in [5, 5.41) is 17.6. The lowest BCUT2D eigenvalue weighted by Crippen LogP contribution is -2.47. The van der Waals surface area contributed by atoms with Crippen molar-refractivity contribution in [1.82, 2.24) is 14.9 Å². The van der Waals surface area contributed by atoms with E-state index in [1.807, 2.05) is 5.32 Å². The summed E-state index contributed by atoms with van der Waals surface area (Å²) < 4.78 is 31.5. The number of hydrogen-bond donors (Lipinski definition) is 3. The summed E-state index contributed by atoms with van der Waals surface area (Å²) in [7, 11) is 0. The third kappa shape index (κ3) is 5.55. The molecule has 3 aromatic rings. The number of carbonyl (C=O) groups is 2. The minimum absolute atomic E-state index is 0.0174. The number of alkyl halides is 2. The van der Waals surface area contributed by atoms with E-state index in [9.17, 15) is 28.7 Å². The summed E-state index contributed by atoms with van der Waals surface area (Å²) in [6.45, 7) is 0.327. The van der Waals surface area contributed by atoms with Crippen LogP contribution in [0.4, 0.5) is 8.78 Å². The van der Waals surface area contributed by atoms with Crippen molar-refractivity contribution in [3.8, 4) is 11.8 Å². The Kier molecular flexibility index (Phi) is 8.24. The van der Waals surface area contributed by atoms with Crippen molar-refractivity contribution >= 4 is 50.3 Å². The van der Waals surface area contributed by atoms with Gasteiger partial charge in [0, 0.05) is 10.8 Å². The smallest absolute Gasteiger partial charge is 0.377 e. The first-order valence-corrected chi connectivity index (χ1v) is 11.8. The van der Waals surface area contributed by atoms with Crippen LogP contribution in [0.2, 0.25) is 0 Å². The van der Waals surface area contributed by atoms with Gasteiger partial charge in [-0.2, -0.15) is 14.0 Å². The first-order chi connectivity index (χ1) is 16.2. The topological polar surface area (TPSA) is 134 Å². The molecular weight excluding hydrogens is 532 g/mol. The van der Waals surface area contributed by atoms with Gasteiger partial charge in [0.1, 0.15) is 10.6 Å². The van der Waals surface area contributed by atoms with E-state index in [1.165, 1.54) is 10.8 Å². The third-order valence-electron chi connectivity index (χ3n) is 4.98. The number of imidazole rings is 1. The van der Waals surface area contributed by atoms with Gasteiger partial charge in [0.25, 0.3) is 0 Å². The summed E-state index contributed by atoms with van der Waals surface area (Å²) >= 11 is 3.20. The number of unbranched alkanes of at least 4 members (excludes halogenated alkanes) is 1. The van der Waals surface area contributed by atoms with Gasteiger partial charge in [-0.15, -0.1) is 0 Å². The van der Waals surface area contributed by atoms with Crippen LogP contribution < -0.4 is 11.1 Å². The Morgan fingerprint density at radius 1 is 1.26 bits per heavy atom. The maximum absolute atomic E-state index is 14.9. The highest BCUT2D eigenvalue weighted by Gasteiger charge is 2.43. The molecule has 8 nitrogen and oxygen atoms in total. The number of nitrogens with two attached hydrogens (primary N) is 1. The van der Waals surface area contributed by atoms with Crippen LogP contribution in [0, 0.1) is 11.3 Å². The number of thioether (sulfide) groups is 1. The average molecular weight is 552 g/mol. The number of hydrogen-bond acceptors (Lipinski definition) is 6. The largest absolute Gasteiger partial charge is 0.480 e. The van der Waals surface area contributed by atoms with Crippen molar-refractivity contribution in [2.75, 3.05) is 6.54 Å². The maximum Gasteiger partial charge on any atom is 0.377 e. The van der Waals surface area contributed by atoms with Crippen LogP contribution in [0.5, 0.6) is 0 Å². The molecule has 34 heavy (non-hydrogen) atoms. The summed E-state index contributed by atoms with van der Waals surface area (Å²) in [6.07, 6.45) is 2.18. The second-order valence-electron chi connectivity index (χ2n) is 7.26. The predicted molar refractivity (Wildman–Crippen MR) is 127 cm³/mol. The molecular formula is C22H20BrF2N5O3S. The molecule has 1 aromatic heterocycles. The quantitative estimate of drug-likeness (QED) is 0.255. The van der Waals surface area contributed by atoms with E-state index in [2.05, 4.69) is 27.0 Å². The maximum atomic E-state index is 14.9. The minimum Gasteiger partial charge on any atom is -0.480 e. The number of fused-ring (bicyclic) bond motifs is 1. The zero-order valence-electron chi connectivity index (χ0n) is 17.7. The van der Waals surface area contributed by atoms with Crippen molar-refractivity contribution in [3.63, 3.8) is 0 Å². The Labute approximate surface area is 206 Å². The molecule has 12 heteroatoms. The molecule has 4 N–H and O–H groups in total. The fourth-order valence-corrected chi connectivity index (χ4v) is 4.69. The Bertz CT molecular complexity index is 1260. The van der Waals surface area contributed by atoms with E-state index in [1.54, 1.807) is 36.4 Å². The number of benzene rings is 2. The van der Waals surface area contributed by atoms with Crippen molar-refractivity contribution in [2.45, 2.75) is 35.7 Å². The summed E-state index contributed by atoms with van der Waals surface area (Å²) in [4.78, 5) is 27.7. The summed E-state index contributed by atoms with van der Waals surface area (Å²) in [5.74, 6) is -3.13. The van der Waals surface area contributed by atoms with Crippen molar-refractivity contribution in [1.29, 1.82) is 5.26 Å². The Morgan fingerprint density at radius 2 is 1.97 bits per heavy atom. The van der Waals surface area contributed by atoms with Gasteiger partial charge in [-0.05, 0) is 65.6 Å². The molecule has 2 aromatic carbocycles. The lowest BCUT2D eigenvalue weighted by molar-refractivity contribution is -0.145. The number of rotatable bonds is 10. The molecule has 0 spiro atoms. The van der Waals surface area contributed by atoms with Crippen LogP contribution in [0.25, 0.3) is 16.5 Å². The minimum atomic E-state index is -4.01. The van der Waals surface area contributed by atoms with Gasteiger partial charge < -0.3 is 16.2 Å². The molecule has 0 radical (unpaired) electrons. The number of carboxylic acid groups (broad SMARTS) is 1. The van der Waals surface area contributed by atoms with Gasteiger partial charge >= 0.3 is 17.1 Å². The molecule has 3 rings (SSSR count). The molecule has 0 bridgehead atoms. The highest BCUT2D eigenvalue weighted by molar-refractivity contribution is 9.10. The van der Waals surface area contributed by atoms with Gasteiger partial charge in [0.15, 0.2) is 5.16 Å². The molecule has 1 atom stereocenters. The molecule has 1 unspecified atom stereocenters. The molecule has 0 aliphatic heterocycles. The van der Waals surface area contributed by atoms with Gasteiger partial charge in [-0.1, -0.05) is 24.3 Å². The fourth-order valence-electron chi connectivity index (χ4n) is 3.33. The van der Waals surface area contributed by atoms with Gasteiger partial charge in [0.05, 0.1) is 23.5 Å². The van der Waals surface area contributed by atoms with Crippen LogP contribution in [0.1, 0.15) is 24.8 Å². The number of halogens is 3. The number of aromatic nitrogens is 2. The third-order valence-corrected chi connectivity index (χ3v) is 6.45. The van der Waals surface area contributed by atoms with E-state index in [-0.39, 0.29) is 23.3 Å². The van der Waals surface area contributed by atoms with Crippen LogP contribution in [-0.2, 0) is 9.59 Å². The fraction of sp³-hybridized carbons (Fsp3) is 0.273. The van der Waals surface area contributed by atoms with Gasteiger partial charge in [-0.25, -0.2) is 9.78 Å². The number of nitriles is 1. The Balaban J connectivity index is 1.91. The van der Waals surface area contributed by atoms with Crippen molar-refractivity contribution < 1.29 is 23.5 Å². The lowest BCUT2D eigenvalue weighted by Gasteiger charge is -2.20. The van der Waals surface area contributed by atoms with Gasteiger partial charge in [0.2, 0.25) is 0 Å². The molecule has 0 aliphatic carbocycles. The van der Waals surface area contributed by atoms with Crippen LogP contribution in [-0.4, -0.2) is 44.4 Å². The molecule has 0 saturated heterocycles. The summed E-state index contributed by atoms with van der Waals surface area (Å²) in [6, 6.07) is 10.8. The lowest BCUT2D eigenvalue weighted by atomic mass is 10.0. The molecule has 1 heterocycles. The zero-order chi connectivity index (χ0) is 24.9. The number of amides is 1. The zero-order valence-corrected chi connectivity index (χ0v) is 20.1. The second kappa shape index (κ2) is 10.9. The molecule has 1 amide bonds. The van der Waals surface area contributed by atoms with Crippen LogP contribution in [0.15, 0.2) is 52.4 Å². The summed E-state index contributed by atoms with van der Waals surface area (Å²) in [5.41, 5.74) is 6.27. The van der Waals surface area contributed by atoms with Crippen LogP contribution >= 0.6 is 27.7 Å². The van der Waals surface area contributed by atoms with E-state index < -0.39 is 23.2 Å². The Morgan fingerprint density at radius 3 is 2.62 bits per heavy atom. The van der Waals surface area contributed by atoms with Gasteiger partial charge in [-0.3, -0.25) is 9.36 Å². The molecule has 0 aliphatic rings. The molecule has 178 valence electrons. The van der Waals surface area contributed by atoms with E-state index in [0.717, 1.165) is 0 Å². The van der Waals surface area contributed by atoms with Crippen molar-refractivity contribution in [2.24, 2.45) is 5.73 Å². The van der Waals surface area contributed by atoms with E-state index >= 15 is 0 Å². The first-order valence-electron chi connectivity index (χ1n) is 10.2. The number of carboxylic acids is 1. The normalized spacial score (nSPS) is 12.3. The average Bonchev–Trinajstić information content (AvgIpc) is 3.16. The predicted octanol–water partition coefficient (Wildman–Crippen LogP) is 4.04. The Hall–Kier alpha value is -3.01. The standard InChI is InChI=1S/C22H20BrF2N5O3S/c23-18-12-28-21(30(18)17-9-8-13(11-27)14-5-1-2-6-15(14)17)34-22(24,25)20(33)29-16(19(31)32)7-3-4-10-26/h1-2,5-6,8-9,12,16H,3-4,7,10,26H2,(H,29,33)(H,31,32). The monoisotopic (exact) mass is 551 g/mol. The van der Waals surface area contributed by atoms with Crippen LogP contribution in [0.3, 0.4) is 0 Å².